The molecular weight excluding hydrogens is 445 g/mol. The standard InChI is InChI=1S/C24H23ClFN5O2/c1-4-33-22-12-20-17(11-21(22)30-23(32)6-5-9-31(2)3)24(15(13-27)14-28-20)29-16-7-8-19(26)18(25)10-16/h5-8,10-12,14H,4,9H2,1-3H3,(H,28,29)(H,30,32)/b6-5+/i2D3,3D3,4D2,5D,7D,8D,9D2,10D. The first-order valence-corrected chi connectivity index (χ1v) is 9.27. The van der Waals surface area contributed by atoms with Crippen LogP contribution >= 0.6 is 11.6 Å². The van der Waals surface area contributed by atoms with E-state index < -0.39 is 78.5 Å². The Balaban J connectivity index is 2.22. The number of rotatable bonds is 8. The average molecular weight is 482 g/mol. The summed E-state index contributed by atoms with van der Waals surface area (Å²) >= 11 is 5.83. The molecule has 0 aliphatic heterocycles. The second kappa shape index (κ2) is 10.8. The zero-order valence-corrected chi connectivity index (χ0v) is 17.5. The molecule has 33 heavy (non-hydrogen) atoms. The van der Waals surface area contributed by atoms with Gasteiger partial charge in [0, 0.05) is 46.9 Å². The van der Waals surface area contributed by atoms with Gasteiger partial charge in [0.05, 0.1) is 42.3 Å². The number of ether oxygens (including phenoxy) is 1. The van der Waals surface area contributed by atoms with Crippen molar-refractivity contribution in [1.82, 2.24) is 9.88 Å². The minimum absolute atomic E-state index is 0.0137. The zero-order valence-electron chi connectivity index (χ0n) is 30.7. The van der Waals surface area contributed by atoms with Crippen LogP contribution in [0.15, 0.2) is 48.6 Å². The Hall–Kier alpha value is -3.67. The molecule has 0 saturated heterocycles. The first kappa shape index (κ1) is 11.5. The molecule has 0 atom stereocenters. The first-order valence-electron chi connectivity index (χ1n) is 15.9. The van der Waals surface area contributed by atoms with Crippen LogP contribution in [0.5, 0.6) is 5.75 Å². The highest BCUT2D eigenvalue weighted by Crippen LogP contribution is 2.36. The SMILES string of the molecule is [2H]/C(=C\C(=O)Nc1cc2c(Nc3c([2H])c([2H])c(F)c(Cl)c3[2H])c(C#N)cnc2cc1OC([2H])([2H])C)C([2H])([2H])N(C([2H])([2H])[2H])C([2H])([2H])[2H]. The van der Waals surface area contributed by atoms with Crippen molar-refractivity contribution >= 4 is 45.5 Å². The second-order valence-electron chi connectivity index (χ2n) is 6.06. The smallest absolute Gasteiger partial charge is 0.248 e. The summed E-state index contributed by atoms with van der Waals surface area (Å²) in [5, 5.41) is 13.8. The molecule has 7 nitrogen and oxygen atoms in total. The Kier molecular flexibility index (Phi) is 3.74. The quantitative estimate of drug-likeness (QED) is 0.435. The highest BCUT2D eigenvalue weighted by molar-refractivity contribution is 6.31. The number of nitrogens with one attached hydrogen (secondary N) is 2. The molecule has 0 saturated carbocycles. The van der Waals surface area contributed by atoms with E-state index in [1.807, 2.05) is 6.07 Å². The molecule has 0 unspecified atom stereocenters. The summed E-state index contributed by atoms with van der Waals surface area (Å²) in [6.07, 6.45) is 1.32. The van der Waals surface area contributed by atoms with Crippen LogP contribution in [0.25, 0.3) is 10.9 Å². The lowest BCUT2D eigenvalue weighted by molar-refractivity contribution is -0.111. The molecule has 1 aromatic heterocycles. The lowest BCUT2D eigenvalue weighted by atomic mass is 10.1. The largest absolute Gasteiger partial charge is 0.492 e. The first-order chi connectivity index (χ1) is 21.3. The van der Waals surface area contributed by atoms with Gasteiger partial charge in [-0.25, -0.2) is 4.39 Å². The fourth-order valence-electron chi connectivity index (χ4n) is 2.62. The van der Waals surface area contributed by atoms with E-state index in [9.17, 15) is 14.4 Å². The number of pyridine rings is 1. The monoisotopic (exact) mass is 481 g/mol. The van der Waals surface area contributed by atoms with Gasteiger partial charge >= 0.3 is 0 Å². The molecule has 0 radical (unpaired) electrons. The third-order valence-electron chi connectivity index (χ3n) is 3.91. The number of carbonyl (C=O) groups excluding carboxylic acids is 1. The van der Waals surface area contributed by atoms with Crippen molar-refractivity contribution in [2.45, 2.75) is 6.92 Å². The molecule has 0 spiro atoms. The van der Waals surface area contributed by atoms with E-state index in [0.717, 1.165) is 25.3 Å². The van der Waals surface area contributed by atoms with Gasteiger partial charge in [-0.05, 0) is 45.1 Å². The molecule has 0 bridgehead atoms. The van der Waals surface area contributed by atoms with Gasteiger partial charge in [-0.3, -0.25) is 9.78 Å². The van der Waals surface area contributed by atoms with E-state index in [2.05, 4.69) is 15.6 Å². The molecule has 3 rings (SSSR count). The van der Waals surface area contributed by atoms with Gasteiger partial charge in [0.2, 0.25) is 5.91 Å². The average Bonchev–Trinajstić information content (AvgIpc) is 2.90. The Bertz CT molecular complexity index is 1780. The summed E-state index contributed by atoms with van der Waals surface area (Å²) in [5.74, 6) is -3.02. The number of hydrogen-bond donors (Lipinski definition) is 2. The Morgan fingerprint density at radius 3 is 3.06 bits per heavy atom. The summed E-state index contributed by atoms with van der Waals surface area (Å²) < 4.78 is 128. The normalized spacial score (nSPS) is 19.2. The van der Waals surface area contributed by atoms with Crippen molar-refractivity contribution < 1.29 is 33.1 Å². The van der Waals surface area contributed by atoms with Crippen molar-refractivity contribution in [3.63, 3.8) is 0 Å². The molecule has 1 amide bonds. The minimum Gasteiger partial charge on any atom is -0.492 e. The van der Waals surface area contributed by atoms with Crippen LogP contribution in [0.3, 0.4) is 0 Å². The van der Waals surface area contributed by atoms with Gasteiger partial charge in [0.1, 0.15) is 17.6 Å². The third kappa shape index (κ3) is 5.98. The molecular formula is C24H23ClFN5O2. The maximum absolute atomic E-state index is 14.2. The number of carbonyl (C=O) groups is 1. The molecule has 170 valence electrons. The Morgan fingerprint density at radius 2 is 2.33 bits per heavy atom. The van der Waals surface area contributed by atoms with Crippen molar-refractivity contribution in [3.05, 3.63) is 65.0 Å². The van der Waals surface area contributed by atoms with E-state index in [1.54, 1.807) is 0 Å². The van der Waals surface area contributed by atoms with E-state index in [-0.39, 0.29) is 39.7 Å². The number of anilines is 3. The predicted octanol–water partition coefficient (Wildman–Crippen LogP) is 5.10. The van der Waals surface area contributed by atoms with Crippen LogP contribution < -0.4 is 15.4 Å². The van der Waals surface area contributed by atoms with Crippen LogP contribution in [0.2, 0.25) is 5.02 Å². The van der Waals surface area contributed by atoms with Gasteiger partial charge in [-0.1, -0.05) is 17.7 Å². The minimum atomic E-state index is -3.56. The van der Waals surface area contributed by atoms with Crippen LogP contribution in [0.4, 0.5) is 21.5 Å². The van der Waals surface area contributed by atoms with Crippen LogP contribution in [-0.4, -0.2) is 42.8 Å². The molecule has 1 heterocycles. The van der Waals surface area contributed by atoms with Gasteiger partial charge in [0.25, 0.3) is 0 Å². The molecule has 2 N–H and O–H groups in total. The number of nitriles is 1. The maximum atomic E-state index is 14.2. The third-order valence-corrected chi connectivity index (χ3v) is 4.17. The number of likely N-dealkylation sites (N-methyl/N-ethyl adjacent to an activating group) is 1. The summed E-state index contributed by atoms with van der Waals surface area (Å²) in [6.45, 7) is -12.0. The van der Waals surface area contributed by atoms with Crippen molar-refractivity contribution in [1.29, 1.82) is 5.26 Å². The maximum Gasteiger partial charge on any atom is 0.248 e. The van der Waals surface area contributed by atoms with Crippen molar-refractivity contribution in [3.8, 4) is 11.8 Å². The van der Waals surface area contributed by atoms with Crippen LogP contribution in [0, 0.1) is 17.1 Å². The highest BCUT2D eigenvalue weighted by atomic mass is 35.5. The zero-order chi connectivity index (χ0) is 36.0. The number of aromatic nitrogens is 1. The Morgan fingerprint density at radius 1 is 1.52 bits per heavy atom. The number of nitrogens with zero attached hydrogens (tertiary/aromatic N) is 3. The fraction of sp³-hybridized carbons (Fsp3) is 0.208. The highest BCUT2D eigenvalue weighted by Gasteiger charge is 2.15. The van der Waals surface area contributed by atoms with Crippen molar-refractivity contribution in [2.75, 3.05) is 37.6 Å². The van der Waals surface area contributed by atoms with Gasteiger partial charge in [0.15, 0.2) is 0 Å². The molecule has 2 aromatic carbocycles. The lowest BCUT2D eigenvalue weighted by Crippen LogP contribution is -2.13. The number of hydrogen-bond acceptors (Lipinski definition) is 6. The molecule has 0 aliphatic rings. The molecule has 0 aliphatic carbocycles. The second-order valence-corrected chi connectivity index (χ2v) is 6.44. The summed E-state index contributed by atoms with van der Waals surface area (Å²) in [5.41, 5.74) is -1.26. The molecule has 0 fully saturated rings. The Labute approximate surface area is 216 Å². The fourth-order valence-corrected chi connectivity index (χ4v) is 2.76. The van der Waals surface area contributed by atoms with E-state index in [1.165, 1.54) is 0 Å². The molecule has 3 aromatic rings. The van der Waals surface area contributed by atoms with Crippen LogP contribution in [-0.2, 0) is 4.79 Å². The molecule has 9 heteroatoms. The van der Waals surface area contributed by atoms with Gasteiger partial charge in [-0.15, -0.1) is 0 Å². The van der Waals surface area contributed by atoms with E-state index in [4.69, 9.17) is 35.5 Å². The van der Waals surface area contributed by atoms with Gasteiger partial charge < -0.3 is 20.3 Å². The number of halogens is 2. The topological polar surface area (TPSA) is 90.3 Å². The number of benzene rings is 2. The van der Waals surface area contributed by atoms with Gasteiger partial charge in [-0.2, -0.15) is 5.26 Å². The van der Waals surface area contributed by atoms with Crippen molar-refractivity contribution in [2.24, 2.45) is 0 Å². The number of fused-ring (bicyclic) bond motifs is 1. The summed E-state index contributed by atoms with van der Waals surface area (Å²) in [4.78, 5) is 16.6. The van der Waals surface area contributed by atoms with E-state index in [0.29, 0.717) is 0 Å². The van der Waals surface area contributed by atoms with Crippen LogP contribution in [0.1, 0.15) is 31.7 Å². The lowest BCUT2D eigenvalue weighted by Gasteiger charge is -2.16. The van der Waals surface area contributed by atoms with E-state index >= 15 is 0 Å². The predicted molar refractivity (Wildman–Crippen MR) is 129 cm³/mol. The summed E-state index contributed by atoms with van der Waals surface area (Å²) in [6, 6.07) is 0.191. The summed E-state index contributed by atoms with van der Waals surface area (Å²) in [7, 11) is 0. The number of amides is 1.